The number of carbonyl (C=O) groups excluding carboxylic acids is 2. The highest BCUT2D eigenvalue weighted by Gasteiger charge is 2.36. The van der Waals surface area contributed by atoms with E-state index in [4.69, 9.17) is 4.74 Å². The molecule has 8 nitrogen and oxygen atoms in total. The Bertz CT molecular complexity index is 1440. The van der Waals surface area contributed by atoms with Crippen LogP contribution >= 0.6 is 0 Å². The van der Waals surface area contributed by atoms with E-state index in [0.29, 0.717) is 34.4 Å². The van der Waals surface area contributed by atoms with Gasteiger partial charge in [-0.1, -0.05) is 24.3 Å². The minimum atomic E-state index is -0.278. The van der Waals surface area contributed by atoms with Crippen molar-refractivity contribution in [3.05, 3.63) is 75.9 Å². The molecule has 1 aliphatic heterocycles. The molecule has 2 fully saturated rings. The number of pyridine rings is 1. The van der Waals surface area contributed by atoms with Gasteiger partial charge in [0.05, 0.1) is 30.8 Å². The fourth-order valence-corrected chi connectivity index (χ4v) is 5.91. The maximum Gasteiger partial charge on any atom is 0.256 e. The van der Waals surface area contributed by atoms with Crippen molar-refractivity contribution in [3.8, 4) is 5.75 Å². The van der Waals surface area contributed by atoms with E-state index in [-0.39, 0.29) is 30.0 Å². The van der Waals surface area contributed by atoms with E-state index in [1.165, 1.54) is 7.11 Å². The van der Waals surface area contributed by atoms with Gasteiger partial charge >= 0.3 is 0 Å². The van der Waals surface area contributed by atoms with Crippen LogP contribution < -0.4 is 15.6 Å². The van der Waals surface area contributed by atoms with Crippen LogP contribution in [0.5, 0.6) is 5.75 Å². The third-order valence-corrected chi connectivity index (χ3v) is 8.06. The fourth-order valence-electron chi connectivity index (χ4n) is 5.91. The first kappa shape index (κ1) is 25.8. The summed E-state index contributed by atoms with van der Waals surface area (Å²) < 4.78 is 7.61. The standard InChI is InChI=1S/C30H36N4O4/c1-5-24(20-12-14-33(15-13-20)30(37)21-10-11-21)34-19(3)27(22-8-6-7-9-25(22)34)29(36)31-17-23-26(38-4)16-18(2)32-28(23)35/h5-9,16,20-21,24H,1,10-15,17H2,2-4H3,(H,31,36)(H,32,35)/t24-/m1/s1. The number of rotatable bonds is 8. The van der Waals surface area contributed by atoms with E-state index in [9.17, 15) is 14.4 Å². The molecule has 1 aliphatic carbocycles. The van der Waals surface area contributed by atoms with Gasteiger partial charge in [-0.05, 0) is 57.6 Å². The Hall–Kier alpha value is -3.81. The van der Waals surface area contributed by atoms with E-state index in [1.807, 2.05) is 42.2 Å². The molecule has 2 aliphatic rings. The van der Waals surface area contributed by atoms with Crippen LogP contribution in [0.4, 0.5) is 0 Å². The number of nitrogens with one attached hydrogen (secondary N) is 2. The van der Waals surface area contributed by atoms with Crippen LogP contribution in [-0.2, 0) is 11.3 Å². The smallest absolute Gasteiger partial charge is 0.256 e. The van der Waals surface area contributed by atoms with Crippen molar-refractivity contribution in [1.29, 1.82) is 0 Å². The highest BCUT2D eigenvalue weighted by molar-refractivity contribution is 6.08. The second-order valence-corrected chi connectivity index (χ2v) is 10.5. The number of ether oxygens (including phenoxy) is 1. The number of hydrogen-bond acceptors (Lipinski definition) is 4. The number of piperidine rings is 1. The molecule has 2 N–H and O–H groups in total. The molecule has 2 aromatic heterocycles. The Morgan fingerprint density at radius 2 is 1.89 bits per heavy atom. The number of nitrogens with zero attached hydrogens (tertiary/aromatic N) is 2. The van der Waals surface area contributed by atoms with Crippen molar-refractivity contribution in [2.75, 3.05) is 20.2 Å². The molecule has 1 saturated heterocycles. The van der Waals surface area contributed by atoms with Crippen LogP contribution in [-0.4, -0.2) is 46.5 Å². The van der Waals surface area contributed by atoms with Crippen molar-refractivity contribution < 1.29 is 14.3 Å². The van der Waals surface area contributed by atoms with Crippen LogP contribution in [0.3, 0.4) is 0 Å². The lowest BCUT2D eigenvalue weighted by atomic mass is 9.88. The van der Waals surface area contributed by atoms with Crippen molar-refractivity contribution in [3.63, 3.8) is 0 Å². The minimum absolute atomic E-state index is 0.000311. The quantitative estimate of drug-likeness (QED) is 0.437. The van der Waals surface area contributed by atoms with Gasteiger partial charge < -0.3 is 24.5 Å². The van der Waals surface area contributed by atoms with Crippen molar-refractivity contribution in [2.24, 2.45) is 11.8 Å². The van der Waals surface area contributed by atoms with Crippen molar-refractivity contribution >= 4 is 22.7 Å². The number of fused-ring (bicyclic) bond motifs is 1. The third kappa shape index (κ3) is 4.75. The SMILES string of the molecule is C=C[C@H](C1CCN(C(=O)C2CC2)CC1)n1c(C)c(C(=O)NCc2c(OC)cc(C)[nH]c2=O)c2ccccc21. The van der Waals surface area contributed by atoms with E-state index in [0.717, 1.165) is 55.4 Å². The highest BCUT2D eigenvalue weighted by atomic mass is 16.5. The van der Waals surface area contributed by atoms with Crippen LogP contribution in [0.15, 0.2) is 47.8 Å². The Balaban J connectivity index is 1.41. The summed E-state index contributed by atoms with van der Waals surface area (Å²) in [6.07, 6.45) is 5.83. The second kappa shape index (κ2) is 10.5. The Kier molecular flexibility index (Phi) is 7.15. The average Bonchev–Trinajstić information content (AvgIpc) is 3.72. The largest absolute Gasteiger partial charge is 0.496 e. The fraction of sp³-hybridized carbons (Fsp3) is 0.433. The number of aromatic amines is 1. The van der Waals surface area contributed by atoms with Gasteiger partial charge in [0.25, 0.3) is 11.5 Å². The first-order chi connectivity index (χ1) is 18.3. The molecule has 200 valence electrons. The molecule has 38 heavy (non-hydrogen) atoms. The molecule has 0 bridgehead atoms. The summed E-state index contributed by atoms with van der Waals surface area (Å²) >= 11 is 0. The maximum atomic E-state index is 13.6. The van der Waals surface area contributed by atoms with Gasteiger partial charge in [-0.3, -0.25) is 14.4 Å². The monoisotopic (exact) mass is 516 g/mol. The number of aromatic nitrogens is 2. The summed E-state index contributed by atoms with van der Waals surface area (Å²) in [7, 11) is 1.51. The zero-order valence-corrected chi connectivity index (χ0v) is 22.4. The number of hydrogen-bond donors (Lipinski definition) is 2. The van der Waals surface area contributed by atoms with Gasteiger partial charge in [-0.15, -0.1) is 6.58 Å². The maximum absolute atomic E-state index is 13.6. The van der Waals surface area contributed by atoms with Crippen molar-refractivity contribution in [2.45, 2.75) is 52.1 Å². The van der Waals surface area contributed by atoms with Gasteiger partial charge in [0.2, 0.25) is 5.91 Å². The Labute approximate surface area is 222 Å². The molecule has 0 radical (unpaired) electrons. The van der Waals surface area contributed by atoms with Crippen LogP contribution in [0, 0.1) is 25.7 Å². The lowest BCUT2D eigenvalue weighted by Crippen LogP contribution is -2.41. The van der Waals surface area contributed by atoms with Gasteiger partial charge in [0.15, 0.2) is 0 Å². The summed E-state index contributed by atoms with van der Waals surface area (Å²) in [5, 5.41) is 3.81. The van der Waals surface area contributed by atoms with Crippen LogP contribution in [0.25, 0.3) is 10.9 Å². The summed E-state index contributed by atoms with van der Waals surface area (Å²) in [6, 6.07) is 9.66. The summed E-state index contributed by atoms with van der Waals surface area (Å²) in [4.78, 5) is 43.5. The normalized spacial score (nSPS) is 16.9. The zero-order valence-electron chi connectivity index (χ0n) is 22.4. The number of likely N-dealkylation sites (tertiary alicyclic amines) is 1. The van der Waals surface area contributed by atoms with Gasteiger partial charge in [0.1, 0.15) is 5.75 Å². The molecule has 3 heterocycles. The Morgan fingerprint density at radius 3 is 2.55 bits per heavy atom. The van der Waals surface area contributed by atoms with Gasteiger partial charge in [0, 0.05) is 41.3 Å². The van der Waals surface area contributed by atoms with Gasteiger partial charge in [-0.2, -0.15) is 0 Å². The topological polar surface area (TPSA) is 96.4 Å². The summed E-state index contributed by atoms with van der Waals surface area (Å²) in [5.41, 5.74) is 3.22. The van der Waals surface area contributed by atoms with Gasteiger partial charge in [-0.25, -0.2) is 0 Å². The molecular weight excluding hydrogens is 480 g/mol. The number of carbonyl (C=O) groups is 2. The van der Waals surface area contributed by atoms with Crippen molar-refractivity contribution in [1.82, 2.24) is 19.8 Å². The molecule has 5 rings (SSSR count). The number of benzene rings is 1. The molecule has 0 unspecified atom stereocenters. The lowest BCUT2D eigenvalue weighted by Gasteiger charge is -2.36. The number of amides is 2. The predicted octanol–water partition coefficient (Wildman–Crippen LogP) is 4.26. The second-order valence-electron chi connectivity index (χ2n) is 10.5. The molecular formula is C30H36N4O4. The molecule has 2 amide bonds. The van der Waals surface area contributed by atoms with E-state index in [2.05, 4.69) is 21.4 Å². The molecule has 1 saturated carbocycles. The molecule has 0 spiro atoms. The first-order valence-corrected chi connectivity index (χ1v) is 13.4. The zero-order chi connectivity index (χ0) is 27.0. The van der Waals surface area contributed by atoms with Crippen LogP contribution in [0.1, 0.15) is 59.0 Å². The molecule has 1 aromatic carbocycles. The highest BCUT2D eigenvalue weighted by Crippen LogP contribution is 2.38. The number of methoxy groups -OCH3 is 1. The van der Waals surface area contributed by atoms with Crippen LogP contribution in [0.2, 0.25) is 0 Å². The number of aryl methyl sites for hydroxylation is 1. The van der Waals surface area contributed by atoms with E-state index in [1.54, 1.807) is 13.0 Å². The molecule has 1 atom stereocenters. The molecule has 8 heteroatoms. The lowest BCUT2D eigenvalue weighted by molar-refractivity contribution is -0.134. The Morgan fingerprint density at radius 1 is 1.18 bits per heavy atom. The predicted molar refractivity (Wildman–Crippen MR) is 147 cm³/mol. The summed E-state index contributed by atoms with van der Waals surface area (Å²) in [5.74, 6) is 1.07. The average molecular weight is 517 g/mol. The number of H-pyrrole nitrogens is 1. The summed E-state index contributed by atoms with van der Waals surface area (Å²) in [6.45, 7) is 9.50. The minimum Gasteiger partial charge on any atom is -0.496 e. The number of para-hydroxylation sites is 1. The first-order valence-electron chi connectivity index (χ1n) is 13.4. The number of allylic oxidation sites excluding steroid dienone is 1. The molecule has 3 aromatic rings. The third-order valence-electron chi connectivity index (χ3n) is 8.06. The van der Waals surface area contributed by atoms with E-state index >= 15 is 0 Å². The van der Waals surface area contributed by atoms with E-state index < -0.39 is 0 Å².